The fourth-order valence-corrected chi connectivity index (χ4v) is 0.964. The topological polar surface area (TPSA) is 44.0 Å². The van der Waals surface area contributed by atoms with Crippen LogP contribution in [0.3, 0.4) is 0 Å². The summed E-state index contributed by atoms with van der Waals surface area (Å²) >= 11 is 0. The summed E-state index contributed by atoms with van der Waals surface area (Å²) in [5.41, 5.74) is 7.11. The van der Waals surface area contributed by atoms with Crippen molar-refractivity contribution in [2.24, 2.45) is 5.92 Å². The lowest BCUT2D eigenvalue weighted by Gasteiger charge is -2.10. The zero-order valence-corrected chi connectivity index (χ0v) is 6.47. The summed E-state index contributed by atoms with van der Waals surface area (Å²) in [6, 6.07) is 0. The Labute approximate surface area is 63.4 Å². The lowest BCUT2D eigenvalue weighted by Crippen LogP contribution is -2.08. The fourth-order valence-electron chi connectivity index (χ4n) is 0.964. The number of hydrogen-bond acceptors (Lipinski definition) is 1. The highest BCUT2D eigenvalue weighted by Crippen LogP contribution is 2.10. The van der Waals surface area contributed by atoms with Gasteiger partial charge in [-0.1, -0.05) is 19.8 Å². The van der Waals surface area contributed by atoms with Gasteiger partial charge in [0.15, 0.2) is 0 Å². The highest BCUT2D eigenvalue weighted by molar-refractivity contribution is 4.59. The fraction of sp³-hybridized carbons (Fsp3) is 0.875. The second-order valence-corrected chi connectivity index (χ2v) is 2.58. The van der Waals surface area contributed by atoms with Crippen molar-refractivity contribution in [3.05, 3.63) is 6.92 Å². The quantitative estimate of drug-likeness (QED) is 0.598. The molecule has 1 atom stereocenters. The lowest BCUT2D eigenvalue weighted by atomic mass is 9.99. The molecule has 10 heavy (non-hydrogen) atoms. The highest BCUT2D eigenvalue weighted by Gasteiger charge is 2.03. The van der Waals surface area contributed by atoms with Gasteiger partial charge in [-0.3, -0.25) is 5.73 Å². The standard InChI is InChI=1S/C8H17NO/c1-2-3-4-8(7-9)5-6-10/h8-10H,1-7H2. The molecular formula is C8H17NO. The van der Waals surface area contributed by atoms with Crippen LogP contribution in [0.15, 0.2) is 0 Å². The first-order valence-electron chi connectivity index (χ1n) is 3.89. The van der Waals surface area contributed by atoms with Crippen LogP contribution in [-0.2, 0) is 0 Å². The van der Waals surface area contributed by atoms with Crippen molar-refractivity contribution in [2.45, 2.75) is 25.7 Å². The molecule has 1 unspecified atom stereocenters. The highest BCUT2D eigenvalue weighted by atomic mass is 16.3. The van der Waals surface area contributed by atoms with Crippen molar-refractivity contribution >= 4 is 0 Å². The molecule has 0 spiro atoms. The molecule has 0 aromatic carbocycles. The molecule has 0 amide bonds. The monoisotopic (exact) mass is 143 g/mol. The maximum atomic E-state index is 8.57. The second kappa shape index (κ2) is 7.03. The minimum Gasteiger partial charge on any atom is -0.396 e. The number of aliphatic hydroxyl groups excluding tert-OH is 1. The van der Waals surface area contributed by atoms with Crippen LogP contribution in [0.5, 0.6) is 0 Å². The van der Waals surface area contributed by atoms with E-state index in [0.29, 0.717) is 12.5 Å². The van der Waals surface area contributed by atoms with Crippen molar-refractivity contribution in [1.82, 2.24) is 5.73 Å². The Kier molecular flexibility index (Phi) is 6.98. The zero-order chi connectivity index (χ0) is 7.82. The molecule has 0 aliphatic carbocycles. The summed E-state index contributed by atoms with van der Waals surface area (Å²) < 4.78 is 0. The van der Waals surface area contributed by atoms with E-state index in [2.05, 4.69) is 6.92 Å². The van der Waals surface area contributed by atoms with E-state index < -0.39 is 0 Å². The molecule has 0 heterocycles. The zero-order valence-electron chi connectivity index (χ0n) is 6.47. The first kappa shape index (κ1) is 9.92. The van der Waals surface area contributed by atoms with Crippen LogP contribution >= 0.6 is 0 Å². The molecule has 60 valence electrons. The van der Waals surface area contributed by atoms with E-state index in [1.807, 2.05) is 0 Å². The van der Waals surface area contributed by atoms with Crippen LogP contribution in [0.4, 0.5) is 0 Å². The van der Waals surface area contributed by atoms with Gasteiger partial charge in [0.2, 0.25) is 0 Å². The number of unbranched alkanes of at least 4 members (excludes halogenated alkanes) is 1. The SMILES string of the molecule is [CH2]CCCC(C[NH])CCO. The van der Waals surface area contributed by atoms with Gasteiger partial charge in [-0.25, -0.2) is 0 Å². The first-order valence-corrected chi connectivity index (χ1v) is 3.89. The van der Waals surface area contributed by atoms with Gasteiger partial charge in [0.1, 0.15) is 0 Å². The average molecular weight is 143 g/mol. The minimum absolute atomic E-state index is 0.223. The third-order valence-corrected chi connectivity index (χ3v) is 1.69. The van der Waals surface area contributed by atoms with Crippen LogP contribution in [-0.4, -0.2) is 18.3 Å². The van der Waals surface area contributed by atoms with Crippen LogP contribution in [0.2, 0.25) is 0 Å². The lowest BCUT2D eigenvalue weighted by molar-refractivity contribution is 0.252. The van der Waals surface area contributed by atoms with Crippen molar-refractivity contribution in [3.8, 4) is 0 Å². The van der Waals surface area contributed by atoms with Gasteiger partial charge in [-0.15, -0.1) is 0 Å². The molecule has 0 aliphatic rings. The van der Waals surface area contributed by atoms with Crippen molar-refractivity contribution < 1.29 is 5.11 Å². The van der Waals surface area contributed by atoms with Gasteiger partial charge in [-0.2, -0.15) is 0 Å². The van der Waals surface area contributed by atoms with Crippen molar-refractivity contribution in [3.63, 3.8) is 0 Å². The Morgan fingerprint density at radius 1 is 1.40 bits per heavy atom. The summed E-state index contributed by atoms with van der Waals surface area (Å²) in [7, 11) is 0. The van der Waals surface area contributed by atoms with E-state index in [-0.39, 0.29) is 6.61 Å². The van der Waals surface area contributed by atoms with Crippen LogP contribution in [0.1, 0.15) is 25.7 Å². The maximum absolute atomic E-state index is 8.57. The van der Waals surface area contributed by atoms with E-state index in [1.54, 1.807) is 0 Å². The molecule has 0 saturated carbocycles. The van der Waals surface area contributed by atoms with E-state index in [0.717, 1.165) is 25.7 Å². The Morgan fingerprint density at radius 3 is 2.50 bits per heavy atom. The van der Waals surface area contributed by atoms with Crippen LogP contribution in [0, 0.1) is 12.8 Å². The normalized spacial score (nSPS) is 13.5. The smallest absolute Gasteiger partial charge is 0.0434 e. The third kappa shape index (κ3) is 4.77. The third-order valence-electron chi connectivity index (χ3n) is 1.69. The predicted octanol–water partition coefficient (Wildman–Crippen LogP) is 1.27. The summed E-state index contributed by atoms with van der Waals surface area (Å²) in [6.45, 7) is 4.40. The van der Waals surface area contributed by atoms with Gasteiger partial charge >= 0.3 is 0 Å². The number of hydrogen-bond donors (Lipinski definition) is 1. The molecule has 0 aromatic rings. The molecule has 0 fully saturated rings. The minimum atomic E-state index is 0.223. The van der Waals surface area contributed by atoms with Gasteiger partial charge in [0.25, 0.3) is 0 Å². The Morgan fingerprint density at radius 2 is 2.10 bits per heavy atom. The maximum Gasteiger partial charge on any atom is 0.0434 e. The molecule has 0 bridgehead atoms. The summed E-state index contributed by atoms with van der Waals surface area (Å²) in [5.74, 6) is 0.395. The van der Waals surface area contributed by atoms with Gasteiger partial charge in [0.05, 0.1) is 0 Å². The Hall–Kier alpha value is -0.0800. The molecule has 0 saturated heterocycles. The second-order valence-electron chi connectivity index (χ2n) is 2.58. The number of aliphatic hydroxyl groups is 1. The van der Waals surface area contributed by atoms with Crippen LogP contribution < -0.4 is 5.73 Å². The van der Waals surface area contributed by atoms with Crippen molar-refractivity contribution in [2.75, 3.05) is 13.2 Å². The number of rotatable bonds is 6. The predicted molar refractivity (Wildman–Crippen MR) is 42.4 cm³/mol. The summed E-state index contributed by atoms with van der Waals surface area (Å²) in [5, 5.41) is 8.57. The van der Waals surface area contributed by atoms with Crippen LogP contribution in [0.25, 0.3) is 0 Å². The number of nitrogens with one attached hydrogen (secondary N) is 1. The molecule has 0 aromatic heterocycles. The molecule has 2 radical (unpaired) electrons. The van der Waals surface area contributed by atoms with E-state index in [1.165, 1.54) is 0 Å². The van der Waals surface area contributed by atoms with Gasteiger partial charge in [-0.05, 0) is 18.8 Å². The van der Waals surface area contributed by atoms with Crippen molar-refractivity contribution in [1.29, 1.82) is 0 Å². The van der Waals surface area contributed by atoms with E-state index >= 15 is 0 Å². The molecular weight excluding hydrogens is 126 g/mol. The Balaban J connectivity index is 3.21. The molecule has 2 heteroatoms. The van der Waals surface area contributed by atoms with E-state index in [4.69, 9.17) is 10.8 Å². The molecule has 2 nitrogen and oxygen atoms in total. The first-order chi connectivity index (χ1) is 4.85. The van der Waals surface area contributed by atoms with Gasteiger partial charge in [0, 0.05) is 13.2 Å². The molecule has 0 rings (SSSR count). The largest absolute Gasteiger partial charge is 0.396 e. The average Bonchev–Trinajstić information content (AvgIpc) is 1.98. The van der Waals surface area contributed by atoms with Gasteiger partial charge < -0.3 is 5.11 Å². The summed E-state index contributed by atoms with van der Waals surface area (Å²) in [4.78, 5) is 0. The molecule has 0 aliphatic heterocycles. The summed E-state index contributed by atoms with van der Waals surface area (Å²) in [6.07, 6.45) is 3.86. The Bertz CT molecular complexity index is 66.3. The molecule has 2 N–H and O–H groups in total. The van der Waals surface area contributed by atoms with E-state index in [9.17, 15) is 0 Å².